The second-order valence-corrected chi connectivity index (χ2v) is 10.8. The summed E-state index contributed by atoms with van der Waals surface area (Å²) < 4.78 is 0. The van der Waals surface area contributed by atoms with Crippen molar-refractivity contribution in [1.82, 2.24) is 9.88 Å². The van der Waals surface area contributed by atoms with Crippen molar-refractivity contribution in [3.8, 4) is 6.07 Å². The Balaban J connectivity index is 1.33. The number of aliphatic hydroxyl groups is 1. The smallest absolute Gasteiger partial charge is 0.272 e. The molecular weight excluding hydrogens is 450 g/mol. The zero-order chi connectivity index (χ0) is 24.8. The van der Waals surface area contributed by atoms with Gasteiger partial charge in [0.2, 0.25) is 0 Å². The number of hydrogen-bond acceptors (Lipinski definition) is 6. The molecule has 1 saturated carbocycles. The van der Waals surface area contributed by atoms with Gasteiger partial charge in [-0.2, -0.15) is 10.4 Å². The number of aliphatic hydroxyl groups excluding tert-OH is 1. The topological polar surface area (TPSA) is 92.8 Å². The fourth-order valence-corrected chi connectivity index (χ4v) is 6.69. The molecule has 0 unspecified atom stereocenters. The third-order valence-corrected chi connectivity index (χ3v) is 8.65. The molecule has 2 aliphatic heterocycles. The molecule has 7 heteroatoms. The lowest BCUT2D eigenvalue weighted by molar-refractivity contribution is 0.0541. The Morgan fingerprint density at radius 1 is 1.08 bits per heavy atom. The number of likely N-dealkylation sites (tertiary alicyclic amines) is 1. The first-order valence-electron chi connectivity index (χ1n) is 13.4. The van der Waals surface area contributed by atoms with E-state index >= 15 is 0 Å². The Morgan fingerprint density at radius 2 is 1.86 bits per heavy atom. The van der Waals surface area contributed by atoms with Crippen LogP contribution in [0.1, 0.15) is 77.8 Å². The molecule has 36 heavy (non-hydrogen) atoms. The van der Waals surface area contributed by atoms with Crippen LogP contribution in [0.3, 0.4) is 0 Å². The minimum atomic E-state index is -0.307. The van der Waals surface area contributed by atoms with E-state index in [2.05, 4.69) is 23.2 Å². The van der Waals surface area contributed by atoms with E-state index in [1.54, 1.807) is 0 Å². The lowest BCUT2D eigenvalue weighted by Crippen LogP contribution is -2.41. The van der Waals surface area contributed by atoms with Crippen LogP contribution in [0.5, 0.6) is 0 Å². The minimum absolute atomic E-state index is 0.0429. The Morgan fingerprint density at radius 3 is 2.58 bits per heavy atom. The fourth-order valence-electron chi connectivity index (χ4n) is 6.69. The summed E-state index contributed by atoms with van der Waals surface area (Å²) >= 11 is 0. The molecule has 2 aromatic rings. The number of amides is 1. The molecule has 3 heterocycles. The standard InChI is InChI=1S/C29H33N5O2/c1-18-16-21(7-6-20(18)17-30)34-28(19-4-2-3-5-19)24-9-10-25-23(27(24)32-34)8-11-26(31-25)29(36)33-14-12-22(35)13-15-33/h6-8,11,16,19,22,24,28,35H,2-5,9-10,12-15H2,1H3/t24-,28-/m0/s1. The van der Waals surface area contributed by atoms with Crippen molar-refractivity contribution < 1.29 is 9.90 Å². The van der Waals surface area contributed by atoms with Crippen molar-refractivity contribution in [3.05, 3.63) is 58.4 Å². The van der Waals surface area contributed by atoms with E-state index in [4.69, 9.17) is 10.1 Å². The fraction of sp³-hybridized carbons (Fsp3) is 0.517. The predicted molar refractivity (Wildman–Crippen MR) is 138 cm³/mol. The molecule has 7 nitrogen and oxygen atoms in total. The summed E-state index contributed by atoms with van der Waals surface area (Å²) in [6, 6.07) is 12.5. The summed E-state index contributed by atoms with van der Waals surface area (Å²) in [5.41, 5.74) is 6.38. The number of nitriles is 1. The molecule has 0 spiro atoms. The highest BCUT2D eigenvalue weighted by molar-refractivity contribution is 6.07. The van der Waals surface area contributed by atoms with Crippen molar-refractivity contribution in [2.75, 3.05) is 18.1 Å². The number of rotatable bonds is 3. The molecule has 0 radical (unpaired) electrons. The molecule has 2 aliphatic carbocycles. The summed E-state index contributed by atoms with van der Waals surface area (Å²) in [7, 11) is 0. The van der Waals surface area contributed by atoms with Crippen molar-refractivity contribution in [2.24, 2.45) is 16.9 Å². The first-order chi connectivity index (χ1) is 17.5. The molecule has 1 saturated heterocycles. The van der Waals surface area contributed by atoms with Crippen LogP contribution in [-0.2, 0) is 6.42 Å². The number of piperidine rings is 1. The molecule has 1 aromatic carbocycles. The van der Waals surface area contributed by atoms with E-state index in [-0.39, 0.29) is 12.0 Å². The zero-order valence-corrected chi connectivity index (χ0v) is 20.9. The van der Waals surface area contributed by atoms with Gasteiger partial charge in [0, 0.05) is 24.6 Å². The molecule has 1 N–H and O–H groups in total. The molecule has 6 rings (SSSR count). The van der Waals surface area contributed by atoms with E-state index in [1.807, 2.05) is 30.0 Å². The molecule has 4 aliphatic rings. The Labute approximate surface area is 212 Å². The van der Waals surface area contributed by atoms with Crippen LogP contribution < -0.4 is 5.01 Å². The van der Waals surface area contributed by atoms with Crippen LogP contribution in [0.2, 0.25) is 0 Å². The van der Waals surface area contributed by atoms with Crippen molar-refractivity contribution in [3.63, 3.8) is 0 Å². The second-order valence-electron chi connectivity index (χ2n) is 10.8. The third-order valence-electron chi connectivity index (χ3n) is 8.65. The molecule has 186 valence electrons. The van der Waals surface area contributed by atoms with Crippen molar-refractivity contribution in [1.29, 1.82) is 5.26 Å². The number of fused-ring (bicyclic) bond motifs is 3. The summed E-state index contributed by atoms with van der Waals surface area (Å²) in [6.07, 6.45) is 7.81. The van der Waals surface area contributed by atoms with Crippen LogP contribution in [0.4, 0.5) is 5.69 Å². The van der Waals surface area contributed by atoms with Crippen LogP contribution in [-0.4, -0.2) is 51.8 Å². The van der Waals surface area contributed by atoms with E-state index < -0.39 is 0 Å². The number of benzene rings is 1. The first-order valence-corrected chi connectivity index (χ1v) is 13.4. The van der Waals surface area contributed by atoms with Crippen LogP contribution in [0.25, 0.3) is 0 Å². The van der Waals surface area contributed by atoms with Gasteiger partial charge in [0.25, 0.3) is 5.91 Å². The molecule has 2 fully saturated rings. The number of pyridine rings is 1. The average molecular weight is 484 g/mol. The molecule has 1 aromatic heterocycles. The Kier molecular flexibility index (Phi) is 6.00. The Hall–Kier alpha value is -3.24. The summed E-state index contributed by atoms with van der Waals surface area (Å²) in [4.78, 5) is 19.7. The second kappa shape index (κ2) is 9.33. The van der Waals surface area contributed by atoms with Crippen molar-refractivity contribution in [2.45, 2.75) is 70.4 Å². The van der Waals surface area contributed by atoms with Gasteiger partial charge < -0.3 is 10.0 Å². The maximum atomic E-state index is 13.1. The van der Waals surface area contributed by atoms with Gasteiger partial charge in [0.05, 0.1) is 40.9 Å². The van der Waals surface area contributed by atoms with Crippen LogP contribution >= 0.6 is 0 Å². The van der Waals surface area contributed by atoms with E-state index in [0.717, 1.165) is 41.1 Å². The van der Waals surface area contributed by atoms with Gasteiger partial charge in [-0.25, -0.2) is 4.98 Å². The van der Waals surface area contributed by atoms with Gasteiger partial charge in [-0.05, 0) is 87.3 Å². The molecule has 1 amide bonds. The maximum absolute atomic E-state index is 13.1. The van der Waals surface area contributed by atoms with Gasteiger partial charge >= 0.3 is 0 Å². The lowest BCUT2D eigenvalue weighted by atomic mass is 9.76. The zero-order valence-electron chi connectivity index (χ0n) is 20.9. The van der Waals surface area contributed by atoms with E-state index in [1.165, 1.54) is 25.7 Å². The summed E-state index contributed by atoms with van der Waals surface area (Å²) in [6.45, 7) is 3.15. The highest BCUT2D eigenvalue weighted by Crippen LogP contribution is 2.44. The highest BCUT2D eigenvalue weighted by Gasteiger charge is 2.46. The van der Waals surface area contributed by atoms with Gasteiger partial charge in [0.1, 0.15) is 5.69 Å². The number of hydrazone groups is 1. The number of nitrogens with zero attached hydrogens (tertiary/aromatic N) is 5. The monoisotopic (exact) mass is 483 g/mol. The van der Waals surface area contributed by atoms with Gasteiger partial charge in [-0.1, -0.05) is 12.8 Å². The lowest BCUT2D eigenvalue weighted by Gasteiger charge is -2.34. The normalized spacial score (nSPS) is 24.3. The average Bonchev–Trinajstić information content (AvgIpc) is 3.56. The number of carbonyl (C=O) groups is 1. The number of hydrogen-bond donors (Lipinski definition) is 1. The van der Waals surface area contributed by atoms with E-state index in [0.29, 0.717) is 55.1 Å². The Bertz CT molecular complexity index is 1250. The summed E-state index contributed by atoms with van der Waals surface area (Å²) in [5, 5.41) is 26.6. The first kappa shape index (κ1) is 23.2. The SMILES string of the molecule is Cc1cc(N2N=C3c4ccc(C(=O)N5CCC(O)CC5)nc4CC[C@@H]3[C@@H]2C2CCCC2)ccc1C#N. The summed E-state index contributed by atoms with van der Waals surface area (Å²) in [5.74, 6) is 0.916. The van der Waals surface area contributed by atoms with Crippen LogP contribution in [0.15, 0.2) is 35.4 Å². The third kappa shape index (κ3) is 3.98. The minimum Gasteiger partial charge on any atom is -0.393 e. The number of aromatic nitrogens is 1. The van der Waals surface area contributed by atoms with Gasteiger partial charge in [-0.3, -0.25) is 9.80 Å². The molecule has 2 atom stereocenters. The largest absolute Gasteiger partial charge is 0.393 e. The molecule has 0 bridgehead atoms. The van der Waals surface area contributed by atoms with Gasteiger partial charge in [-0.15, -0.1) is 0 Å². The molecular formula is C29H33N5O2. The highest BCUT2D eigenvalue weighted by atomic mass is 16.3. The number of aryl methyl sites for hydroxylation is 2. The van der Waals surface area contributed by atoms with Gasteiger partial charge in [0.15, 0.2) is 0 Å². The number of anilines is 1. The van der Waals surface area contributed by atoms with E-state index in [9.17, 15) is 15.2 Å². The van der Waals surface area contributed by atoms with Crippen LogP contribution in [0, 0.1) is 30.1 Å². The number of carbonyl (C=O) groups excluding carboxylic acids is 1. The quantitative estimate of drug-likeness (QED) is 0.706. The van der Waals surface area contributed by atoms with Crippen molar-refractivity contribution >= 4 is 17.3 Å². The maximum Gasteiger partial charge on any atom is 0.272 e. The predicted octanol–water partition coefficient (Wildman–Crippen LogP) is 4.20.